The molecule has 114 valence electrons. The number of amides is 1. The van der Waals surface area contributed by atoms with Crippen molar-refractivity contribution in [3.63, 3.8) is 0 Å². The van der Waals surface area contributed by atoms with E-state index in [9.17, 15) is 15.0 Å². The van der Waals surface area contributed by atoms with Crippen molar-refractivity contribution < 1.29 is 15.0 Å². The van der Waals surface area contributed by atoms with E-state index in [0.29, 0.717) is 18.7 Å². The van der Waals surface area contributed by atoms with Crippen molar-refractivity contribution in [3.8, 4) is 5.75 Å². The Morgan fingerprint density at radius 2 is 1.73 bits per heavy atom. The molecule has 2 aromatic carbocycles. The maximum absolute atomic E-state index is 12.3. The first kappa shape index (κ1) is 14.6. The lowest BCUT2D eigenvalue weighted by Gasteiger charge is -2.36. The number of benzene rings is 2. The van der Waals surface area contributed by atoms with E-state index >= 15 is 0 Å². The predicted molar refractivity (Wildman–Crippen MR) is 83.9 cm³/mol. The standard InChI is InChI=1S/C18H19NO3/c20-15-11-19(12-15)18(22)16-10-14(8-9-17(16)21)7-6-13-4-2-1-3-5-13/h1-5,8-10,15,20-21H,6-7,11-12H2. The van der Waals surface area contributed by atoms with Crippen LogP contribution in [0, 0.1) is 0 Å². The molecule has 2 N–H and O–H groups in total. The van der Waals surface area contributed by atoms with Crippen LogP contribution < -0.4 is 0 Å². The van der Waals surface area contributed by atoms with Crippen LogP contribution in [-0.2, 0) is 12.8 Å². The van der Waals surface area contributed by atoms with Crippen LogP contribution in [0.2, 0.25) is 0 Å². The van der Waals surface area contributed by atoms with Gasteiger partial charge in [0.2, 0.25) is 0 Å². The molecule has 0 aliphatic carbocycles. The molecule has 2 aromatic rings. The fourth-order valence-electron chi connectivity index (χ4n) is 2.63. The number of hydrogen-bond donors (Lipinski definition) is 2. The third-order valence-electron chi connectivity index (χ3n) is 3.99. The summed E-state index contributed by atoms with van der Waals surface area (Å²) in [5, 5.41) is 19.2. The van der Waals surface area contributed by atoms with Crippen LogP contribution >= 0.6 is 0 Å². The van der Waals surface area contributed by atoms with Crippen LogP contribution in [0.5, 0.6) is 5.75 Å². The molecule has 1 aliphatic heterocycles. The van der Waals surface area contributed by atoms with Crippen LogP contribution in [0.3, 0.4) is 0 Å². The molecule has 4 heteroatoms. The second-order valence-corrected chi connectivity index (χ2v) is 5.70. The van der Waals surface area contributed by atoms with E-state index in [4.69, 9.17) is 0 Å². The lowest BCUT2D eigenvalue weighted by Crippen LogP contribution is -2.53. The van der Waals surface area contributed by atoms with E-state index in [2.05, 4.69) is 12.1 Å². The molecule has 0 atom stereocenters. The summed E-state index contributed by atoms with van der Waals surface area (Å²) in [5.41, 5.74) is 2.58. The second kappa shape index (κ2) is 6.20. The summed E-state index contributed by atoms with van der Waals surface area (Å²) in [5.74, 6) is -0.223. The summed E-state index contributed by atoms with van der Waals surface area (Å²) in [6.45, 7) is 0.680. The molecule has 4 nitrogen and oxygen atoms in total. The molecule has 3 rings (SSSR count). The van der Waals surface area contributed by atoms with Gasteiger partial charge < -0.3 is 15.1 Å². The van der Waals surface area contributed by atoms with Crippen molar-refractivity contribution in [2.24, 2.45) is 0 Å². The molecule has 0 bridgehead atoms. The van der Waals surface area contributed by atoms with Gasteiger partial charge in [-0.1, -0.05) is 36.4 Å². The Kier molecular flexibility index (Phi) is 4.11. The van der Waals surface area contributed by atoms with Gasteiger partial charge in [-0.25, -0.2) is 0 Å². The number of phenolic OH excluding ortho intramolecular Hbond substituents is 1. The summed E-state index contributed by atoms with van der Waals surface area (Å²) in [4.78, 5) is 13.8. The minimum atomic E-state index is -0.438. The molecule has 0 spiro atoms. The molecule has 0 aromatic heterocycles. The van der Waals surface area contributed by atoms with E-state index in [1.165, 1.54) is 5.56 Å². The smallest absolute Gasteiger partial charge is 0.257 e. The minimum Gasteiger partial charge on any atom is -0.507 e. The molecule has 1 amide bonds. The molecule has 0 unspecified atom stereocenters. The van der Waals surface area contributed by atoms with Gasteiger partial charge in [-0.3, -0.25) is 4.79 Å². The average molecular weight is 297 g/mol. The highest BCUT2D eigenvalue weighted by molar-refractivity contribution is 5.97. The van der Waals surface area contributed by atoms with Gasteiger partial charge in [0, 0.05) is 13.1 Å². The zero-order valence-corrected chi connectivity index (χ0v) is 12.3. The zero-order chi connectivity index (χ0) is 15.5. The van der Waals surface area contributed by atoms with Gasteiger partial charge in [0.05, 0.1) is 11.7 Å². The number of nitrogens with zero attached hydrogens (tertiary/aromatic N) is 1. The highest BCUT2D eigenvalue weighted by Gasteiger charge is 2.30. The summed E-state index contributed by atoms with van der Waals surface area (Å²) < 4.78 is 0. The van der Waals surface area contributed by atoms with Crippen molar-refractivity contribution in [2.75, 3.05) is 13.1 Å². The van der Waals surface area contributed by atoms with Crippen molar-refractivity contribution >= 4 is 5.91 Å². The molecular formula is C18H19NO3. The molecule has 22 heavy (non-hydrogen) atoms. The maximum atomic E-state index is 12.3. The van der Waals surface area contributed by atoms with E-state index < -0.39 is 6.10 Å². The third-order valence-corrected chi connectivity index (χ3v) is 3.99. The summed E-state index contributed by atoms with van der Waals surface area (Å²) >= 11 is 0. The normalized spacial score (nSPS) is 14.7. The van der Waals surface area contributed by atoms with Crippen molar-refractivity contribution in [1.29, 1.82) is 0 Å². The number of phenols is 1. The SMILES string of the molecule is O=C(c1cc(CCc2ccccc2)ccc1O)N1CC(O)C1. The van der Waals surface area contributed by atoms with Gasteiger partial charge in [-0.15, -0.1) is 0 Å². The van der Waals surface area contributed by atoms with E-state index in [-0.39, 0.29) is 11.7 Å². The number of aromatic hydroxyl groups is 1. The Bertz CT molecular complexity index is 663. The topological polar surface area (TPSA) is 60.8 Å². The van der Waals surface area contributed by atoms with E-state index in [1.54, 1.807) is 17.0 Å². The number of aliphatic hydroxyl groups is 1. The number of aryl methyl sites for hydroxylation is 2. The largest absolute Gasteiger partial charge is 0.507 e. The van der Waals surface area contributed by atoms with Gasteiger partial charge in [0.15, 0.2) is 0 Å². The second-order valence-electron chi connectivity index (χ2n) is 5.70. The Morgan fingerprint density at radius 3 is 2.41 bits per heavy atom. The fraction of sp³-hybridized carbons (Fsp3) is 0.278. The number of β-amino-alcohol motifs (C(OH)–C–C–N with tert-alkyl or cyclic N) is 1. The zero-order valence-electron chi connectivity index (χ0n) is 12.3. The number of carbonyl (C=O) groups excluding carboxylic acids is 1. The van der Waals surface area contributed by atoms with Crippen LogP contribution in [-0.4, -0.2) is 40.2 Å². The highest BCUT2D eigenvalue weighted by atomic mass is 16.3. The van der Waals surface area contributed by atoms with Crippen LogP contribution in [0.4, 0.5) is 0 Å². The molecule has 1 fully saturated rings. The van der Waals surface area contributed by atoms with Crippen LogP contribution in [0.15, 0.2) is 48.5 Å². The van der Waals surface area contributed by atoms with Crippen LogP contribution in [0.1, 0.15) is 21.5 Å². The van der Waals surface area contributed by atoms with Gasteiger partial charge in [0.1, 0.15) is 5.75 Å². The maximum Gasteiger partial charge on any atom is 0.257 e. The first-order valence-corrected chi connectivity index (χ1v) is 7.46. The van der Waals surface area contributed by atoms with Gasteiger partial charge in [0.25, 0.3) is 5.91 Å². The van der Waals surface area contributed by atoms with Crippen molar-refractivity contribution in [1.82, 2.24) is 4.90 Å². The summed E-state index contributed by atoms with van der Waals surface area (Å²) in [6.07, 6.45) is 1.27. The Morgan fingerprint density at radius 1 is 1.05 bits per heavy atom. The molecule has 1 saturated heterocycles. The number of likely N-dealkylation sites (tertiary alicyclic amines) is 1. The number of aliphatic hydroxyl groups excluding tert-OH is 1. The quantitative estimate of drug-likeness (QED) is 0.907. The van der Waals surface area contributed by atoms with Gasteiger partial charge in [-0.2, -0.15) is 0 Å². The third kappa shape index (κ3) is 3.12. The molecule has 0 radical (unpaired) electrons. The average Bonchev–Trinajstić information content (AvgIpc) is 2.51. The fourth-order valence-corrected chi connectivity index (χ4v) is 2.63. The lowest BCUT2D eigenvalue weighted by molar-refractivity contribution is 0.00570. The molecule has 0 saturated carbocycles. The Balaban J connectivity index is 1.71. The minimum absolute atomic E-state index is 0.00477. The predicted octanol–water partition coefficient (Wildman–Crippen LogP) is 1.99. The summed E-state index contributed by atoms with van der Waals surface area (Å²) in [6, 6.07) is 15.3. The van der Waals surface area contributed by atoms with Crippen LogP contribution in [0.25, 0.3) is 0 Å². The van der Waals surface area contributed by atoms with Gasteiger partial charge >= 0.3 is 0 Å². The molecule has 1 aliphatic rings. The number of rotatable bonds is 4. The van der Waals surface area contributed by atoms with E-state index in [1.807, 2.05) is 24.3 Å². The van der Waals surface area contributed by atoms with E-state index in [0.717, 1.165) is 18.4 Å². The lowest BCUT2D eigenvalue weighted by atomic mass is 10.0. The molecule has 1 heterocycles. The first-order chi connectivity index (χ1) is 10.6. The number of carbonyl (C=O) groups is 1. The highest BCUT2D eigenvalue weighted by Crippen LogP contribution is 2.23. The van der Waals surface area contributed by atoms with Crippen molar-refractivity contribution in [2.45, 2.75) is 18.9 Å². The number of hydrogen-bond acceptors (Lipinski definition) is 3. The first-order valence-electron chi connectivity index (χ1n) is 7.46. The Labute approximate surface area is 129 Å². The summed E-state index contributed by atoms with van der Waals surface area (Å²) in [7, 11) is 0. The molecular weight excluding hydrogens is 278 g/mol. The van der Waals surface area contributed by atoms with Gasteiger partial charge in [-0.05, 0) is 36.1 Å². The monoisotopic (exact) mass is 297 g/mol. The van der Waals surface area contributed by atoms with Crippen molar-refractivity contribution in [3.05, 3.63) is 65.2 Å². The Hall–Kier alpha value is -2.33.